The lowest BCUT2D eigenvalue weighted by atomic mass is 9.92. The van der Waals surface area contributed by atoms with Crippen LogP contribution in [-0.2, 0) is 6.42 Å². The third-order valence-electron chi connectivity index (χ3n) is 2.80. The normalized spacial score (nSPS) is 10.9. The van der Waals surface area contributed by atoms with Crippen LogP contribution in [0.5, 0.6) is 0 Å². The average Bonchev–Trinajstić information content (AvgIpc) is 2.09. The van der Waals surface area contributed by atoms with Crippen LogP contribution < -0.4 is 0 Å². The van der Waals surface area contributed by atoms with Gasteiger partial charge in [0.25, 0.3) is 0 Å². The van der Waals surface area contributed by atoms with Gasteiger partial charge in [-0.1, -0.05) is 32.9 Å². The molecule has 0 amide bonds. The van der Waals surface area contributed by atoms with Crippen LogP contribution in [0.4, 0.5) is 0 Å². The van der Waals surface area contributed by atoms with Crippen LogP contribution >= 0.6 is 0 Å². The topological polar surface area (TPSA) is 0 Å². The zero-order chi connectivity index (χ0) is 10.0. The molecule has 0 nitrogen and oxygen atoms in total. The summed E-state index contributed by atoms with van der Waals surface area (Å²) in [4.78, 5) is 0. The first-order chi connectivity index (χ1) is 6.06. The van der Waals surface area contributed by atoms with Gasteiger partial charge in [0.1, 0.15) is 0 Å². The van der Waals surface area contributed by atoms with Crippen molar-refractivity contribution in [2.45, 2.75) is 47.0 Å². The summed E-state index contributed by atoms with van der Waals surface area (Å²) in [6.07, 6.45) is 1.14. The minimum Gasteiger partial charge on any atom is -0.0613 e. The van der Waals surface area contributed by atoms with E-state index in [-0.39, 0.29) is 0 Å². The molecule has 0 aromatic heterocycles. The van der Waals surface area contributed by atoms with E-state index in [4.69, 9.17) is 0 Å². The number of rotatable bonds is 2. The van der Waals surface area contributed by atoms with Gasteiger partial charge in [-0.15, -0.1) is 0 Å². The first-order valence-corrected chi connectivity index (χ1v) is 5.16. The van der Waals surface area contributed by atoms with Crippen molar-refractivity contribution in [3.8, 4) is 0 Å². The van der Waals surface area contributed by atoms with E-state index in [1.807, 2.05) is 0 Å². The molecule has 1 aromatic rings. The fourth-order valence-corrected chi connectivity index (χ4v) is 1.77. The van der Waals surface area contributed by atoms with Crippen LogP contribution in [0.3, 0.4) is 0 Å². The molecule has 0 saturated carbocycles. The van der Waals surface area contributed by atoms with Gasteiger partial charge in [-0.3, -0.25) is 0 Å². The second-order valence-corrected chi connectivity index (χ2v) is 4.14. The second kappa shape index (κ2) is 3.95. The predicted octanol–water partition coefficient (Wildman–Crippen LogP) is 3.99. The molecule has 0 bridgehead atoms. The Morgan fingerprint density at radius 2 is 1.77 bits per heavy atom. The fourth-order valence-electron chi connectivity index (χ4n) is 1.77. The van der Waals surface area contributed by atoms with Gasteiger partial charge in [-0.25, -0.2) is 0 Å². The zero-order valence-electron chi connectivity index (χ0n) is 9.44. The quantitative estimate of drug-likeness (QED) is 0.639. The molecule has 0 aliphatic carbocycles. The smallest absolute Gasteiger partial charge is 0.0216 e. The molecule has 0 atom stereocenters. The highest BCUT2D eigenvalue weighted by atomic mass is 14.1. The largest absolute Gasteiger partial charge is 0.0613 e. The minimum absolute atomic E-state index is 0.644. The molecular formula is C13H20. The van der Waals surface area contributed by atoms with Crippen molar-refractivity contribution in [3.63, 3.8) is 0 Å². The summed E-state index contributed by atoms with van der Waals surface area (Å²) in [5, 5.41) is 0. The Kier molecular flexibility index (Phi) is 3.13. The number of hydrogen-bond acceptors (Lipinski definition) is 0. The van der Waals surface area contributed by atoms with Gasteiger partial charge >= 0.3 is 0 Å². The first kappa shape index (κ1) is 10.3. The van der Waals surface area contributed by atoms with Gasteiger partial charge < -0.3 is 0 Å². The van der Waals surface area contributed by atoms with Gasteiger partial charge in [-0.05, 0) is 48.4 Å². The Labute approximate surface area is 82.0 Å². The van der Waals surface area contributed by atoms with E-state index < -0.39 is 0 Å². The Hall–Kier alpha value is -0.780. The molecule has 13 heavy (non-hydrogen) atoms. The standard InChI is InChI=1S/C13H20/c1-6-12-7-10(4)11(5)13(8-12)9(2)3/h7-9H,6H2,1-5H3. The third kappa shape index (κ3) is 2.12. The van der Waals surface area contributed by atoms with Crippen LogP contribution in [0.1, 0.15) is 48.9 Å². The minimum atomic E-state index is 0.644. The molecule has 0 spiro atoms. The van der Waals surface area contributed by atoms with Gasteiger partial charge in [0.05, 0.1) is 0 Å². The molecule has 0 heteroatoms. The van der Waals surface area contributed by atoms with E-state index in [1.165, 1.54) is 22.3 Å². The summed E-state index contributed by atoms with van der Waals surface area (Å²) >= 11 is 0. The molecule has 0 radical (unpaired) electrons. The Bertz CT molecular complexity index is 295. The van der Waals surface area contributed by atoms with E-state index in [9.17, 15) is 0 Å². The summed E-state index contributed by atoms with van der Waals surface area (Å²) in [7, 11) is 0. The molecule has 1 aromatic carbocycles. The lowest BCUT2D eigenvalue weighted by Crippen LogP contribution is -1.97. The first-order valence-electron chi connectivity index (χ1n) is 5.16. The molecule has 0 saturated heterocycles. The molecule has 0 N–H and O–H groups in total. The maximum Gasteiger partial charge on any atom is -0.0216 e. The number of benzene rings is 1. The molecule has 72 valence electrons. The molecule has 0 fully saturated rings. The summed E-state index contributed by atoms with van der Waals surface area (Å²) in [6.45, 7) is 11.2. The molecular weight excluding hydrogens is 156 g/mol. The van der Waals surface area contributed by atoms with Gasteiger partial charge in [0.15, 0.2) is 0 Å². The van der Waals surface area contributed by atoms with Crippen LogP contribution in [0.25, 0.3) is 0 Å². The molecule has 0 aliphatic heterocycles. The lowest BCUT2D eigenvalue weighted by Gasteiger charge is -2.14. The Balaban J connectivity index is 3.25. The third-order valence-corrected chi connectivity index (χ3v) is 2.80. The van der Waals surface area contributed by atoms with Crippen LogP contribution in [0, 0.1) is 13.8 Å². The maximum absolute atomic E-state index is 2.35. The van der Waals surface area contributed by atoms with Crippen molar-refractivity contribution >= 4 is 0 Å². The highest BCUT2D eigenvalue weighted by Crippen LogP contribution is 2.23. The summed E-state index contributed by atoms with van der Waals surface area (Å²) < 4.78 is 0. The van der Waals surface area contributed by atoms with Crippen molar-refractivity contribution in [3.05, 3.63) is 34.4 Å². The van der Waals surface area contributed by atoms with Gasteiger partial charge in [0.2, 0.25) is 0 Å². The van der Waals surface area contributed by atoms with E-state index in [2.05, 4.69) is 46.8 Å². The molecule has 0 unspecified atom stereocenters. The van der Waals surface area contributed by atoms with Gasteiger partial charge in [-0.2, -0.15) is 0 Å². The van der Waals surface area contributed by atoms with E-state index in [0.717, 1.165) is 6.42 Å². The Morgan fingerprint density at radius 1 is 1.15 bits per heavy atom. The Morgan fingerprint density at radius 3 is 2.23 bits per heavy atom. The van der Waals surface area contributed by atoms with Crippen molar-refractivity contribution in [1.29, 1.82) is 0 Å². The van der Waals surface area contributed by atoms with E-state index >= 15 is 0 Å². The van der Waals surface area contributed by atoms with Crippen molar-refractivity contribution in [2.75, 3.05) is 0 Å². The highest BCUT2D eigenvalue weighted by Gasteiger charge is 2.06. The van der Waals surface area contributed by atoms with Crippen molar-refractivity contribution in [1.82, 2.24) is 0 Å². The van der Waals surface area contributed by atoms with Crippen molar-refractivity contribution < 1.29 is 0 Å². The molecule has 0 aliphatic rings. The predicted molar refractivity (Wildman–Crippen MR) is 59.4 cm³/mol. The maximum atomic E-state index is 2.35. The fraction of sp³-hybridized carbons (Fsp3) is 0.538. The summed E-state index contributed by atoms with van der Waals surface area (Å²) in [5.74, 6) is 0.644. The highest BCUT2D eigenvalue weighted by molar-refractivity contribution is 5.39. The number of hydrogen-bond donors (Lipinski definition) is 0. The average molecular weight is 176 g/mol. The van der Waals surface area contributed by atoms with Crippen LogP contribution in [0.2, 0.25) is 0 Å². The van der Waals surface area contributed by atoms with E-state index in [1.54, 1.807) is 0 Å². The summed E-state index contributed by atoms with van der Waals surface area (Å²) in [5.41, 5.74) is 5.87. The van der Waals surface area contributed by atoms with Crippen LogP contribution in [-0.4, -0.2) is 0 Å². The lowest BCUT2D eigenvalue weighted by molar-refractivity contribution is 0.849. The molecule has 0 heterocycles. The van der Waals surface area contributed by atoms with Crippen LogP contribution in [0.15, 0.2) is 12.1 Å². The summed E-state index contributed by atoms with van der Waals surface area (Å²) in [6, 6.07) is 4.66. The second-order valence-electron chi connectivity index (χ2n) is 4.14. The SMILES string of the molecule is CCc1cc(C)c(C)c(C(C)C)c1. The van der Waals surface area contributed by atoms with Gasteiger partial charge in [0, 0.05) is 0 Å². The molecule has 1 rings (SSSR count). The monoisotopic (exact) mass is 176 g/mol. The zero-order valence-corrected chi connectivity index (χ0v) is 9.44. The number of aryl methyl sites for hydroxylation is 2. The van der Waals surface area contributed by atoms with Crippen molar-refractivity contribution in [2.24, 2.45) is 0 Å². The van der Waals surface area contributed by atoms with E-state index in [0.29, 0.717) is 5.92 Å².